The van der Waals surface area contributed by atoms with Gasteiger partial charge in [0, 0.05) is 6.54 Å². The molecule has 39 heavy (non-hydrogen) atoms. The number of aliphatic carboxylic acids is 1. The molecule has 5 atom stereocenters. The second kappa shape index (κ2) is 11.1. The number of hydrogen-bond acceptors (Lipinski definition) is 6. The van der Waals surface area contributed by atoms with Crippen LogP contribution in [0.4, 0.5) is 4.79 Å². The molecular formula is C29H45N3O7. The van der Waals surface area contributed by atoms with Crippen molar-refractivity contribution < 1.29 is 33.8 Å². The van der Waals surface area contributed by atoms with Gasteiger partial charge in [0.25, 0.3) is 5.78 Å². The number of likely N-dealkylation sites (tertiary alicyclic amines) is 1. The summed E-state index contributed by atoms with van der Waals surface area (Å²) in [7, 11) is 0. The van der Waals surface area contributed by atoms with Gasteiger partial charge >= 0.3 is 12.1 Å². The van der Waals surface area contributed by atoms with Gasteiger partial charge in [0.1, 0.15) is 17.7 Å². The number of carboxylic acid groups (broad SMARTS) is 1. The quantitative estimate of drug-likeness (QED) is 0.356. The molecule has 0 aromatic heterocycles. The highest BCUT2D eigenvalue weighted by molar-refractivity contribution is 6.35. The molecule has 0 aromatic carbocycles. The first-order valence-corrected chi connectivity index (χ1v) is 14.6. The molecule has 0 spiro atoms. The maximum atomic E-state index is 14.1. The molecule has 0 aromatic rings. The van der Waals surface area contributed by atoms with Crippen molar-refractivity contribution >= 4 is 29.7 Å². The predicted molar refractivity (Wildman–Crippen MR) is 143 cm³/mol. The van der Waals surface area contributed by atoms with Gasteiger partial charge in [-0.25, -0.2) is 9.59 Å². The number of alkyl carbamates (subject to hydrolysis) is 1. The maximum absolute atomic E-state index is 14.1. The van der Waals surface area contributed by atoms with Crippen molar-refractivity contribution in [3.63, 3.8) is 0 Å². The summed E-state index contributed by atoms with van der Waals surface area (Å²) in [6.45, 7) is 9.80. The van der Waals surface area contributed by atoms with Gasteiger partial charge < -0.3 is 25.4 Å². The summed E-state index contributed by atoms with van der Waals surface area (Å²) >= 11 is 0. The molecule has 1 heterocycles. The Labute approximate surface area is 231 Å². The zero-order chi connectivity index (χ0) is 28.7. The first-order chi connectivity index (χ1) is 18.2. The number of ether oxygens (including phenoxy) is 1. The van der Waals surface area contributed by atoms with Crippen LogP contribution in [0.25, 0.3) is 0 Å². The molecule has 2 unspecified atom stereocenters. The highest BCUT2D eigenvalue weighted by atomic mass is 16.6. The van der Waals surface area contributed by atoms with E-state index in [4.69, 9.17) is 4.74 Å². The molecule has 4 aliphatic rings. The zero-order valence-electron chi connectivity index (χ0n) is 24.0. The number of nitrogens with zero attached hydrogens (tertiary/aromatic N) is 1. The van der Waals surface area contributed by atoms with E-state index >= 15 is 0 Å². The summed E-state index contributed by atoms with van der Waals surface area (Å²) in [5.74, 6) is -2.97. The Morgan fingerprint density at radius 1 is 1.00 bits per heavy atom. The van der Waals surface area contributed by atoms with Gasteiger partial charge in [-0.1, -0.05) is 46.0 Å². The molecule has 218 valence electrons. The Bertz CT molecular complexity index is 993. The van der Waals surface area contributed by atoms with Crippen LogP contribution in [-0.2, 0) is 23.9 Å². The Kier molecular flexibility index (Phi) is 8.34. The van der Waals surface area contributed by atoms with E-state index in [1.165, 1.54) is 0 Å². The second-order valence-electron chi connectivity index (χ2n) is 13.7. The van der Waals surface area contributed by atoms with Crippen LogP contribution in [0.1, 0.15) is 92.4 Å². The second-order valence-corrected chi connectivity index (χ2v) is 13.7. The molecule has 3 aliphatic carbocycles. The Morgan fingerprint density at radius 3 is 2.21 bits per heavy atom. The lowest BCUT2D eigenvalue weighted by Crippen LogP contribution is -2.59. The van der Waals surface area contributed by atoms with E-state index < -0.39 is 47.5 Å². The molecule has 10 nitrogen and oxygen atoms in total. The number of carbonyl (C=O) groups excluding carboxylic acids is 4. The van der Waals surface area contributed by atoms with Gasteiger partial charge in [-0.05, 0) is 75.5 Å². The summed E-state index contributed by atoms with van der Waals surface area (Å²) in [5, 5.41) is 14.9. The van der Waals surface area contributed by atoms with E-state index in [0.29, 0.717) is 18.9 Å². The topological polar surface area (TPSA) is 142 Å². The largest absolute Gasteiger partial charge is 0.475 e. The molecule has 4 fully saturated rings. The van der Waals surface area contributed by atoms with Crippen LogP contribution in [0, 0.1) is 29.1 Å². The molecule has 1 aliphatic heterocycles. The standard InChI is InChI=1S/C29H45N3O7/c1-28(2,3)39-27(38)31-21(17-9-7-6-8-10-17)25(35)32-15-18-20(29(18,4)5)22(32)24(34)30-19(23(33)26(36)37)14-13-16-11-12-16/h16-22H,6-15H2,1-5H3,(H,30,34)(H,31,38)(H,36,37)/t18?,19?,20-,21-,22-/m0/s1. The molecule has 3 saturated carbocycles. The smallest absolute Gasteiger partial charge is 0.408 e. The lowest BCUT2D eigenvalue weighted by molar-refractivity contribution is -0.151. The van der Waals surface area contributed by atoms with Crippen LogP contribution in [-0.4, -0.2) is 69.9 Å². The van der Waals surface area contributed by atoms with Gasteiger partial charge in [0.15, 0.2) is 0 Å². The Hall–Kier alpha value is -2.65. The summed E-state index contributed by atoms with van der Waals surface area (Å²) in [6.07, 6.45) is 7.00. The van der Waals surface area contributed by atoms with Gasteiger partial charge in [-0.15, -0.1) is 0 Å². The van der Waals surface area contributed by atoms with E-state index in [1.807, 2.05) is 0 Å². The van der Waals surface area contributed by atoms with Crippen LogP contribution >= 0.6 is 0 Å². The molecule has 3 N–H and O–H groups in total. The number of carbonyl (C=O) groups is 5. The van der Waals surface area contributed by atoms with Crippen LogP contribution in [0.3, 0.4) is 0 Å². The summed E-state index contributed by atoms with van der Waals surface area (Å²) in [5.41, 5.74) is -0.879. The van der Waals surface area contributed by atoms with Crippen molar-refractivity contribution in [2.45, 2.75) is 116 Å². The zero-order valence-corrected chi connectivity index (χ0v) is 24.0. The minimum Gasteiger partial charge on any atom is -0.475 e. The van der Waals surface area contributed by atoms with E-state index in [1.54, 1.807) is 25.7 Å². The highest BCUT2D eigenvalue weighted by Crippen LogP contribution is 2.65. The normalized spacial score (nSPS) is 27.6. The van der Waals surface area contributed by atoms with Crippen molar-refractivity contribution in [3.8, 4) is 0 Å². The van der Waals surface area contributed by atoms with Crippen molar-refractivity contribution in [1.82, 2.24) is 15.5 Å². The number of hydrogen-bond donors (Lipinski definition) is 3. The highest BCUT2D eigenvalue weighted by Gasteiger charge is 2.69. The van der Waals surface area contributed by atoms with Crippen molar-refractivity contribution in [2.24, 2.45) is 29.1 Å². The third-order valence-corrected chi connectivity index (χ3v) is 9.22. The lowest BCUT2D eigenvalue weighted by atomic mass is 9.83. The molecular weight excluding hydrogens is 502 g/mol. The van der Waals surface area contributed by atoms with Crippen LogP contribution in [0.5, 0.6) is 0 Å². The first kappa shape index (κ1) is 29.3. The maximum Gasteiger partial charge on any atom is 0.408 e. The Morgan fingerprint density at radius 2 is 1.64 bits per heavy atom. The number of ketones is 1. The van der Waals surface area contributed by atoms with Crippen LogP contribution in [0.2, 0.25) is 0 Å². The third kappa shape index (κ3) is 6.74. The SMILES string of the molecule is CC(C)(C)OC(=O)N[C@H](C(=O)N1CC2[C@@H]([C@H]1C(=O)NC(CCC1CC1)C(=O)C(=O)O)C2(C)C)C1CCCCC1. The number of nitrogens with one attached hydrogen (secondary N) is 2. The Balaban J connectivity index is 1.54. The van der Waals surface area contributed by atoms with Gasteiger partial charge in [-0.2, -0.15) is 0 Å². The fraction of sp³-hybridized carbons (Fsp3) is 0.828. The van der Waals surface area contributed by atoms with Crippen molar-refractivity contribution in [2.75, 3.05) is 6.54 Å². The van der Waals surface area contributed by atoms with Gasteiger partial charge in [0.05, 0.1) is 6.04 Å². The van der Waals surface area contributed by atoms with Crippen molar-refractivity contribution in [3.05, 3.63) is 0 Å². The molecule has 3 amide bonds. The summed E-state index contributed by atoms with van der Waals surface area (Å²) < 4.78 is 5.47. The van der Waals surface area contributed by atoms with E-state index in [-0.39, 0.29) is 35.5 Å². The van der Waals surface area contributed by atoms with E-state index in [9.17, 15) is 29.1 Å². The molecule has 10 heteroatoms. The van der Waals surface area contributed by atoms with E-state index in [2.05, 4.69) is 24.5 Å². The molecule has 4 rings (SSSR count). The number of carboxylic acids is 1. The van der Waals surface area contributed by atoms with Crippen LogP contribution < -0.4 is 10.6 Å². The molecule has 0 radical (unpaired) electrons. The number of piperidine rings is 1. The van der Waals surface area contributed by atoms with Crippen molar-refractivity contribution in [1.29, 1.82) is 0 Å². The minimum absolute atomic E-state index is 0.0627. The first-order valence-electron chi connectivity index (χ1n) is 14.6. The number of fused-ring (bicyclic) bond motifs is 1. The average molecular weight is 548 g/mol. The fourth-order valence-electron chi connectivity index (χ4n) is 6.76. The molecule has 0 bridgehead atoms. The number of amides is 3. The average Bonchev–Trinajstić information content (AvgIpc) is 3.71. The predicted octanol–water partition coefficient (Wildman–Crippen LogP) is 3.27. The summed E-state index contributed by atoms with van der Waals surface area (Å²) in [4.78, 5) is 66.1. The van der Waals surface area contributed by atoms with Crippen LogP contribution in [0.15, 0.2) is 0 Å². The number of rotatable bonds is 10. The molecule has 1 saturated heterocycles. The van der Waals surface area contributed by atoms with Gasteiger partial charge in [0.2, 0.25) is 11.8 Å². The minimum atomic E-state index is -1.57. The third-order valence-electron chi connectivity index (χ3n) is 9.22. The lowest BCUT2D eigenvalue weighted by Gasteiger charge is -2.37. The summed E-state index contributed by atoms with van der Waals surface area (Å²) in [6, 6.07) is -2.76. The monoisotopic (exact) mass is 547 g/mol. The van der Waals surface area contributed by atoms with Gasteiger partial charge in [-0.3, -0.25) is 14.4 Å². The fourth-order valence-corrected chi connectivity index (χ4v) is 6.76. The number of Topliss-reactive ketones (excluding diaryl/α,β-unsaturated/α-hetero) is 1. The van der Waals surface area contributed by atoms with E-state index in [0.717, 1.165) is 44.9 Å².